The summed E-state index contributed by atoms with van der Waals surface area (Å²) in [7, 11) is 0. The average Bonchev–Trinajstić information content (AvgIpc) is 2.68. The van der Waals surface area contributed by atoms with Gasteiger partial charge < -0.3 is 21.1 Å². The van der Waals surface area contributed by atoms with Gasteiger partial charge in [0.05, 0.1) is 6.04 Å². The minimum atomic E-state index is -0.792. The topological polar surface area (TPSA) is 108 Å². The van der Waals surface area contributed by atoms with E-state index in [0.29, 0.717) is 25.9 Å². The van der Waals surface area contributed by atoms with Gasteiger partial charge in [0.15, 0.2) is 0 Å². The molecule has 0 aromatic rings. The molecule has 1 saturated heterocycles. The number of rotatable bonds is 7. The quantitative estimate of drug-likeness (QED) is 0.474. The summed E-state index contributed by atoms with van der Waals surface area (Å²) in [5.41, 5.74) is 0. The first kappa shape index (κ1) is 14.3. The summed E-state index contributed by atoms with van der Waals surface area (Å²) in [5.74, 6) is -0.840. The summed E-state index contributed by atoms with van der Waals surface area (Å²) in [4.78, 5) is 32.5. The van der Waals surface area contributed by atoms with E-state index in [1.54, 1.807) is 0 Å². The standard InChI is InChI=1S/C11H19N3O4/c15-9-6-8(7-13-9)14-11(18)12-5-3-1-2-4-10(16)17/h8H,1-7H2,(H,13,15)(H,16,17)(H2,12,14,18). The molecule has 4 N–H and O–H groups in total. The summed E-state index contributed by atoms with van der Waals surface area (Å²) in [5, 5.41) is 16.4. The van der Waals surface area contributed by atoms with Gasteiger partial charge in [-0.15, -0.1) is 0 Å². The van der Waals surface area contributed by atoms with Gasteiger partial charge in [-0.05, 0) is 12.8 Å². The molecule has 7 heteroatoms. The smallest absolute Gasteiger partial charge is 0.315 e. The fourth-order valence-electron chi connectivity index (χ4n) is 1.72. The van der Waals surface area contributed by atoms with Crippen molar-refractivity contribution in [2.75, 3.05) is 13.1 Å². The third-order valence-electron chi connectivity index (χ3n) is 2.67. The van der Waals surface area contributed by atoms with Gasteiger partial charge in [0.25, 0.3) is 0 Å². The first-order valence-electron chi connectivity index (χ1n) is 6.11. The molecule has 0 saturated carbocycles. The Morgan fingerprint density at radius 2 is 2.11 bits per heavy atom. The van der Waals surface area contributed by atoms with E-state index in [-0.39, 0.29) is 24.4 Å². The van der Waals surface area contributed by atoms with Gasteiger partial charge in [0, 0.05) is 25.9 Å². The first-order valence-corrected chi connectivity index (χ1v) is 6.11. The highest BCUT2D eigenvalue weighted by Crippen LogP contribution is 2.00. The van der Waals surface area contributed by atoms with Crippen molar-refractivity contribution < 1.29 is 19.5 Å². The van der Waals surface area contributed by atoms with Gasteiger partial charge in [0.1, 0.15) is 0 Å². The lowest BCUT2D eigenvalue weighted by Crippen LogP contribution is -2.43. The van der Waals surface area contributed by atoms with Crippen molar-refractivity contribution in [3.8, 4) is 0 Å². The van der Waals surface area contributed by atoms with Gasteiger partial charge in [0.2, 0.25) is 5.91 Å². The first-order chi connectivity index (χ1) is 8.58. The largest absolute Gasteiger partial charge is 0.481 e. The van der Waals surface area contributed by atoms with Gasteiger partial charge >= 0.3 is 12.0 Å². The molecule has 1 atom stereocenters. The maximum Gasteiger partial charge on any atom is 0.315 e. The van der Waals surface area contributed by atoms with Crippen LogP contribution in [0.25, 0.3) is 0 Å². The van der Waals surface area contributed by atoms with Crippen LogP contribution in [0.15, 0.2) is 0 Å². The monoisotopic (exact) mass is 257 g/mol. The summed E-state index contributed by atoms with van der Waals surface area (Å²) in [6, 6.07) is -0.417. The minimum absolute atomic E-state index is 0.0472. The number of carboxylic acid groups (broad SMARTS) is 1. The minimum Gasteiger partial charge on any atom is -0.481 e. The number of amides is 3. The highest BCUT2D eigenvalue weighted by Gasteiger charge is 2.22. The maximum atomic E-state index is 11.4. The summed E-state index contributed by atoms with van der Waals surface area (Å²) in [6.45, 7) is 0.990. The normalized spacial score (nSPS) is 18.2. The van der Waals surface area contributed by atoms with Crippen molar-refractivity contribution in [1.29, 1.82) is 0 Å². The van der Waals surface area contributed by atoms with Crippen molar-refractivity contribution >= 4 is 17.9 Å². The lowest BCUT2D eigenvalue weighted by molar-refractivity contribution is -0.137. The fraction of sp³-hybridized carbons (Fsp3) is 0.727. The molecule has 0 radical (unpaired) electrons. The molecular formula is C11H19N3O4. The Morgan fingerprint density at radius 1 is 1.33 bits per heavy atom. The van der Waals surface area contributed by atoms with Crippen LogP contribution in [-0.2, 0) is 9.59 Å². The second-order valence-electron chi connectivity index (χ2n) is 4.31. The van der Waals surface area contributed by atoms with Crippen LogP contribution in [-0.4, -0.2) is 42.1 Å². The van der Waals surface area contributed by atoms with Crippen LogP contribution in [0.2, 0.25) is 0 Å². The number of carbonyl (C=O) groups excluding carboxylic acids is 2. The van der Waals surface area contributed by atoms with Crippen LogP contribution in [0.3, 0.4) is 0 Å². The SMILES string of the molecule is O=C(O)CCCCCNC(=O)NC1CNC(=O)C1. The molecule has 0 aromatic heterocycles. The van der Waals surface area contributed by atoms with E-state index in [0.717, 1.165) is 12.8 Å². The van der Waals surface area contributed by atoms with Crippen molar-refractivity contribution in [3.63, 3.8) is 0 Å². The predicted molar refractivity (Wildman–Crippen MR) is 64.1 cm³/mol. The Bertz CT molecular complexity index is 319. The molecule has 1 aliphatic heterocycles. The molecule has 7 nitrogen and oxygen atoms in total. The molecule has 0 aliphatic carbocycles. The number of urea groups is 1. The van der Waals surface area contributed by atoms with E-state index < -0.39 is 5.97 Å². The van der Waals surface area contributed by atoms with Crippen LogP contribution in [0.1, 0.15) is 32.1 Å². The van der Waals surface area contributed by atoms with Gasteiger partial charge in [-0.2, -0.15) is 0 Å². The average molecular weight is 257 g/mol. The Labute approximate surface area is 105 Å². The van der Waals surface area contributed by atoms with Crippen LogP contribution in [0.4, 0.5) is 4.79 Å². The van der Waals surface area contributed by atoms with E-state index in [2.05, 4.69) is 16.0 Å². The molecule has 18 heavy (non-hydrogen) atoms. The van der Waals surface area contributed by atoms with E-state index in [9.17, 15) is 14.4 Å². The molecule has 0 aromatic carbocycles. The zero-order valence-corrected chi connectivity index (χ0v) is 10.2. The molecule has 3 amide bonds. The Morgan fingerprint density at radius 3 is 2.72 bits per heavy atom. The number of hydrogen-bond acceptors (Lipinski definition) is 3. The molecule has 0 spiro atoms. The molecule has 102 valence electrons. The van der Waals surface area contributed by atoms with Crippen LogP contribution in [0.5, 0.6) is 0 Å². The van der Waals surface area contributed by atoms with Crippen LogP contribution >= 0.6 is 0 Å². The van der Waals surface area contributed by atoms with Gasteiger partial charge in [-0.25, -0.2) is 4.79 Å². The molecule has 1 unspecified atom stereocenters. The summed E-state index contributed by atoms with van der Waals surface area (Å²) >= 11 is 0. The van der Waals surface area contributed by atoms with Crippen LogP contribution in [0, 0.1) is 0 Å². The van der Waals surface area contributed by atoms with E-state index in [1.165, 1.54) is 0 Å². The second kappa shape index (κ2) is 7.52. The highest BCUT2D eigenvalue weighted by molar-refractivity contribution is 5.81. The van der Waals surface area contributed by atoms with Crippen molar-refractivity contribution in [2.45, 2.75) is 38.1 Å². The third kappa shape index (κ3) is 6.07. The molecule has 1 fully saturated rings. The second-order valence-corrected chi connectivity index (χ2v) is 4.31. The van der Waals surface area contributed by atoms with E-state index in [1.807, 2.05) is 0 Å². The highest BCUT2D eigenvalue weighted by atomic mass is 16.4. The number of carbonyl (C=O) groups is 3. The zero-order valence-electron chi connectivity index (χ0n) is 10.2. The number of carboxylic acids is 1. The van der Waals surface area contributed by atoms with Gasteiger partial charge in [-0.3, -0.25) is 9.59 Å². The lowest BCUT2D eigenvalue weighted by Gasteiger charge is -2.11. The van der Waals surface area contributed by atoms with Gasteiger partial charge in [-0.1, -0.05) is 6.42 Å². The lowest BCUT2D eigenvalue weighted by atomic mass is 10.2. The van der Waals surface area contributed by atoms with Crippen molar-refractivity contribution in [3.05, 3.63) is 0 Å². The summed E-state index contributed by atoms with van der Waals surface area (Å²) in [6.07, 6.45) is 2.65. The third-order valence-corrected chi connectivity index (χ3v) is 2.67. The number of unbranched alkanes of at least 4 members (excludes halogenated alkanes) is 2. The maximum absolute atomic E-state index is 11.4. The van der Waals surface area contributed by atoms with E-state index >= 15 is 0 Å². The number of aliphatic carboxylic acids is 1. The Hall–Kier alpha value is -1.79. The van der Waals surface area contributed by atoms with Crippen LogP contribution < -0.4 is 16.0 Å². The Balaban J connectivity index is 1.97. The van der Waals surface area contributed by atoms with Crippen molar-refractivity contribution in [1.82, 2.24) is 16.0 Å². The van der Waals surface area contributed by atoms with E-state index in [4.69, 9.17) is 5.11 Å². The molecule has 0 bridgehead atoms. The predicted octanol–water partition coefficient (Wildman–Crippen LogP) is -0.181. The molecule has 1 rings (SSSR count). The molecule has 1 aliphatic rings. The number of hydrogen-bond donors (Lipinski definition) is 4. The van der Waals surface area contributed by atoms with Crippen molar-refractivity contribution in [2.24, 2.45) is 0 Å². The fourth-order valence-corrected chi connectivity index (χ4v) is 1.72. The molecule has 1 heterocycles. The Kier molecular flexibility index (Phi) is 5.96. The zero-order chi connectivity index (χ0) is 13.4. The summed E-state index contributed by atoms with van der Waals surface area (Å²) < 4.78 is 0. The molecular weight excluding hydrogens is 238 g/mol. The number of nitrogens with one attached hydrogen (secondary N) is 3.